The highest BCUT2D eigenvalue weighted by Crippen LogP contribution is 2.42. The van der Waals surface area contributed by atoms with Gasteiger partial charge in [0.2, 0.25) is 0 Å². The second kappa shape index (κ2) is 10.1. The molecule has 3 aromatic rings. The summed E-state index contributed by atoms with van der Waals surface area (Å²) in [4.78, 5) is 12.5. The van der Waals surface area contributed by atoms with Gasteiger partial charge in [-0.2, -0.15) is 0 Å². The molecule has 3 heterocycles. The van der Waals surface area contributed by atoms with Gasteiger partial charge in [0.25, 0.3) is 0 Å². The van der Waals surface area contributed by atoms with E-state index in [1.165, 1.54) is 22.2 Å². The van der Waals surface area contributed by atoms with E-state index in [4.69, 9.17) is 19.4 Å². The van der Waals surface area contributed by atoms with Gasteiger partial charge in [0.05, 0.1) is 18.8 Å². The molecule has 6 heteroatoms. The van der Waals surface area contributed by atoms with Gasteiger partial charge in [0, 0.05) is 22.2 Å². The highest BCUT2D eigenvalue weighted by Gasteiger charge is 2.31. The highest BCUT2D eigenvalue weighted by molar-refractivity contribution is 7.99. The van der Waals surface area contributed by atoms with Gasteiger partial charge in [0.1, 0.15) is 15.6 Å². The average Bonchev–Trinajstić information content (AvgIpc) is 3.11. The third kappa shape index (κ3) is 5.46. The fourth-order valence-electron chi connectivity index (χ4n) is 3.77. The molecule has 2 aromatic heterocycles. The number of benzene rings is 1. The van der Waals surface area contributed by atoms with Crippen molar-refractivity contribution in [2.24, 2.45) is 5.92 Å². The number of thioether (sulfide) groups is 1. The zero-order valence-corrected chi connectivity index (χ0v) is 21.5. The van der Waals surface area contributed by atoms with Gasteiger partial charge < -0.3 is 9.47 Å². The van der Waals surface area contributed by atoms with Crippen molar-refractivity contribution >= 4 is 33.3 Å². The number of hydrogen-bond donors (Lipinski definition) is 0. The van der Waals surface area contributed by atoms with Gasteiger partial charge in [-0.25, -0.2) is 9.97 Å². The standard InChI is InChI=1S/C26H34N2O2S2/c1-6-7-13-29-19-10-8-18(9-11-19)23-27-24(31-14-12-17(2)3)22-20-15-26(4,5)30-16-21(20)32-25(22)28-23/h8-11,17H,6-7,12-16H2,1-5H3. The Morgan fingerprint density at radius 2 is 1.97 bits per heavy atom. The first kappa shape index (κ1) is 23.5. The predicted octanol–water partition coefficient (Wildman–Crippen LogP) is 7.53. The molecule has 0 amide bonds. The summed E-state index contributed by atoms with van der Waals surface area (Å²) in [5.41, 5.74) is 2.27. The lowest BCUT2D eigenvalue weighted by Gasteiger charge is -2.30. The molecule has 0 aliphatic carbocycles. The van der Waals surface area contributed by atoms with E-state index in [1.807, 2.05) is 23.9 Å². The lowest BCUT2D eigenvalue weighted by molar-refractivity contribution is -0.0379. The molecule has 0 saturated heterocycles. The van der Waals surface area contributed by atoms with Crippen molar-refractivity contribution in [2.75, 3.05) is 12.4 Å². The molecule has 0 N–H and O–H groups in total. The maximum atomic E-state index is 6.08. The molecular weight excluding hydrogens is 436 g/mol. The zero-order valence-electron chi connectivity index (χ0n) is 19.9. The lowest BCUT2D eigenvalue weighted by Crippen LogP contribution is -2.31. The predicted molar refractivity (Wildman–Crippen MR) is 136 cm³/mol. The number of fused-ring (bicyclic) bond motifs is 3. The third-order valence-electron chi connectivity index (χ3n) is 5.71. The van der Waals surface area contributed by atoms with Crippen LogP contribution in [0, 0.1) is 5.92 Å². The van der Waals surface area contributed by atoms with E-state index in [-0.39, 0.29) is 5.60 Å². The minimum absolute atomic E-state index is 0.146. The first-order valence-electron chi connectivity index (χ1n) is 11.7. The molecule has 1 aromatic carbocycles. The topological polar surface area (TPSA) is 44.2 Å². The van der Waals surface area contributed by atoms with Crippen LogP contribution in [0.4, 0.5) is 0 Å². The molecule has 1 aliphatic heterocycles. The number of ether oxygens (including phenoxy) is 2. The molecule has 172 valence electrons. The Balaban J connectivity index is 1.69. The number of nitrogens with zero attached hydrogens (tertiary/aromatic N) is 2. The van der Waals surface area contributed by atoms with Crippen molar-refractivity contribution in [1.82, 2.24) is 9.97 Å². The lowest BCUT2D eigenvalue weighted by atomic mass is 9.94. The van der Waals surface area contributed by atoms with Crippen LogP contribution in [0.1, 0.15) is 64.3 Å². The van der Waals surface area contributed by atoms with Gasteiger partial charge in [-0.1, -0.05) is 27.2 Å². The Bertz CT molecular complexity index is 1060. The van der Waals surface area contributed by atoms with E-state index in [2.05, 4.69) is 46.8 Å². The van der Waals surface area contributed by atoms with Gasteiger partial charge in [-0.05, 0) is 68.2 Å². The summed E-state index contributed by atoms with van der Waals surface area (Å²) in [6.45, 7) is 12.5. The summed E-state index contributed by atoms with van der Waals surface area (Å²) in [6, 6.07) is 8.20. The Labute approximate surface area is 200 Å². The van der Waals surface area contributed by atoms with Gasteiger partial charge >= 0.3 is 0 Å². The molecule has 0 atom stereocenters. The van der Waals surface area contributed by atoms with Crippen molar-refractivity contribution in [2.45, 2.75) is 77.5 Å². The number of hydrogen-bond acceptors (Lipinski definition) is 6. The normalized spacial score (nSPS) is 15.3. The molecule has 0 bridgehead atoms. The van der Waals surface area contributed by atoms with Gasteiger partial charge in [0.15, 0.2) is 5.82 Å². The average molecular weight is 471 g/mol. The second-order valence-corrected chi connectivity index (χ2v) is 11.7. The fraction of sp³-hybridized carbons (Fsp3) is 0.538. The maximum Gasteiger partial charge on any atom is 0.162 e. The van der Waals surface area contributed by atoms with E-state index in [1.54, 1.807) is 11.3 Å². The van der Waals surface area contributed by atoms with E-state index in [9.17, 15) is 0 Å². The quantitative estimate of drug-likeness (QED) is 0.184. The largest absolute Gasteiger partial charge is 0.494 e. The van der Waals surface area contributed by atoms with Gasteiger partial charge in [-0.3, -0.25) is 0 Å². The van der Waals surface area contributed by atoms with Crippen molar-refractivity contribution in [3.05, 3.63) is 34.7 Å². The molecule has 1 aliphatic rings. The van der Waals surface area contributed by atoms with E-state index >= 15 is 0 Å². The summed E-state index contributed by atoms with van der Waals surface area (Å²) < 4.78 is 11.9. The Morgan fingerprint density at radius 3 is 2.69 bits per heavy atom. The Kier molecular flexibility index (Phi) is 7.43. The van der Waals surface area contributed by atoms with E-state index in [0.717, 1.165) is 58.6 Å². The first-order chi connectivity index (χ1) is 15.4. The number of rotatable bonds is 9. The summed E-state index contributed by atoms with van der Waals surface area (Å²) >= 11 is 3.64. The molecule has 0 radical (unpaired) electrons. The van der Waals surface area contributed by atoms with Gasteiger partial charge in [-0.15, -0.1) is 23.1 Å². The number of aromatic nitrogens is 2. The van der Waals surface area contributed by atoms with Crippen molar-refractivity contribution in [1.29, 1.82) is 0 Å². The summed E-state index contributed by atoms with van der Waals surface area (Å²) in [5.74, 6) is 3.45. The van der Waals surface area contributed by atoms with Crippen LogP contribution in [0.2, 0.25) is 0 Å². The van der Waals surface area contributed by atoms with Crippen LogP contribution in [-0.2, 0) is 17.8 Å². The Morgan fingerprint density at radius 1 is 1.19 bits per heavy atom. The molecule has 0 unspecified atom stereocenters. The maximum absolute atomic E-state index is 6.08. The van der Waals surface area contributed by atoms with Crippen molar-refractivity contribution in [3.63, 3.8) is 0 Å². The summed E-state index contributed by atoms with van der Waals surface area (Å²) in [5, 5.41) is 2.36. The molecule has 32 heavy (non-hydrogen) atoms. The summed E-state index contributed by atoms with van der Waals surface area (Å²) in [7, 11) is 0. The second-order valence-electron chi connectivity index (χ2n) is 9.52. The smallest absolute Gasteiger partial charge is 0.162 e. The Hall–Kier alpha value is -1.63. The van der Waals surface area contributed by atoms with Crippen LogP contribution in [-0.4, -0.2) is 27.9 Å². The molecule has 4 rings (SSSR count). The van der Waals surface area contributed by atoms with Crippen LogP contribution >= 0.6 is 23.1 Å². The van der Waals surface area contributed by atoms with E-state index in [0.29, 0.717) is 12.5 Å². The zero-order chi connectivity index (χ0) is 22.7. The van der Waals surface area contributed by atoms with Crippen LogP contribution in [0.5, 0.6) is 5.75 Å². The monoisotopic (exact) mass is 470 g/mol. The van der Waals surface area contributed by atoms with E-state index < -0.39 is 0 Å². The fourth-order valence-corrected chi connectivity index (χ4v) is 6.24. The number of unbranched alkanes of at least 4 members (excludes halogenated alkanes) is 1. The third-order valence-corrected chi connectivity index (χ3v) is 7.82. The van der Waals surface area contributed by atoms with Crippen LogP contribution in [0.25, 0.3) is 21.6 Å². The molecule has 0 spiro atoms. The highest BCUT2D eigenvalue weighted by atomic mass is 32.2. The minimum atomic E-state index is -0.146. The van der Waals surface area contributed by atoms with Crippen molar-refractivity contribution in [3.8, 4) is 17.1 Å². The first-order valence-corrected chi connectivity index (χ1v) is 13.5. The van der Waals surface area contributed by atoms with Crippen LogP contribution in [0.3, 0.4) is 0 Å². The molecule has 0 saturated carbocycles. The van der Waals surface area contributed by atoms with Crippen LogP contribution < -0.4 is 4.74 Å². The molecular formula is C26H34N2O2S2. The molecule has 4 nitrogen and oxygen atoms in total. The SMILES string of the molecule is CCCCOc1ccc(-c2nc(SCCC(C)C)c3c4c(sc3n2)COC(C)(C)C4)cc1. The number of thiophene rings is 1. The van der Waals surface area contributed by atoms with Crippen LogP contribution in [0.15, 0.2) is 29.3 Å². The summed E-state index contributed by atoms with van der Waals surface area (Å²) in [6.07, 6.45) is 4.29. The molecule has 0 fully saturated rings. The minimum Gasteiger partial charge on any atom is -0.494 e. The van der Waals surface area contributed by atoms with Crippen molar-refractivity contribution < 1.29 is 9.47 Å².